The van der Waals surface area contributed by atoms with Gasteiger partial charge in [0.05, 0.1) is 26.0 Å². The summed E-state index contributed by atoms with van der Waals surface area (Å²) < 4.78 is 7.16. The summed E-state index contributed by atoms with van der Waals surface area (Å²) in [5.74, 6) is 0.541. The van der Waals surface area contributed by atoms with Crippen molar-refractivity contribution in [1.29, 1.82) is 0 Å². The fourth-order valence-electron chi connectivity index (χ4n) is 4.21. The molecule has 1 aromatic carbocycles. The number of ether oxygens (including phenoxy) is 1. The van der Waals surface area contributed by atoms with Gasteiger partial charge in [0.1, 0.15) is 0 Å². The number of rotatable bonds is 7. The van der Waals surface area contributed by atoms with Crippen LogP contribution in [-0.4, -0.2) is 82.5 Å². The molecular weight excluding hydrogens is 396 g/mol. The van der Waals surface area contributed by atoms with E-state index in [0.717, 1.165) is 38.0 Å². The average Bonchev–Trinajstić information content (AvgIpc) is 3.31. The van der Waals surface area contributed by atoms with Crippen molar-refractivity contribution < 1.29 is 14.3 Å². The van der Waals surface area contributed by atoms with E-state index in [2.05, 4.69) is 20.5 Å². The van der Waals surface area contributed by atoms with Crippen molar-refractivity contribution in [2.75, 3.05) is 45.9 Å². The monoisotopic (exact) mass is 426 g/mol. The molecule has 0 bridgehead atoms. The summed E-state index contributed by atoms with van der Waals surface area (Å²) in [6, 6.07) is 7.48. The third-order valence-electron chi connectivity index (χ3n) is 5.88. The highest BCUT2D eigenvalue weighted by atomic mass is 16.5. The van der Waals surface area contributed by atoms with Gasteiger partial charge in [-0.3, -0.25) is 19.2 Å². The van der Waals surface area contributed by atoms with Gasteiger partial charge in [-0.05, 0) is 43.0 Å². The van der Waals surface area contributed by atoms with Gasteiger partial charge in [-0.2, -0.15) is 0 Å². The molecule has 1 N–H and O–H groups in total. The molecule has 9 heteroatoms. The molecule has 1 aromatic heterocycles. The van der Waals surface area contributed by atoms with Crippen LogP contribution in [0.1, 0.15) is 28.8 Å². The van der Waals surface area contributed by atoms with Crippen molar-refractivity contribution in [3.63, 3.8) is 0 Å². The van der Waals surface area contributed by atoms with Crippen LogP contribution < -0.4 is 5.32 Å². The molecule has 2 aliphatic rings. The maximum Gasteiger partial charge on any atom is 0.254 e. The second kappa shape index (κ2) is 10.5. The molecule has 1 unspecified atom stereocenters. The lowest BCUT2D eigenvalue weighted by Gasteiger charge is -2.32. The molecule has 2 aliphatic heterocycles. The molecule has 2 fully saturated rings. The standard InChI is InChI=1S/C22H30N6O3/c29-21(17-26-8-1-2-19(15-26)16-28-9-7-24-25-28)23-14-18-3-5-20(6-4-18)22(30)27-10-12-31-13-11-27/h3-7,9,19H,1-2,8,10-17H2,(H,23,29). The first-order valence-corrected chi connectivity index (χ1v) is 11.0. The van der Waals surface area contributed by atoms with Gasteiger partial charge in [0.15, 0.2) is 0 Å². The van der Waals surface area contributed by atoms with Crippen LogP contribution in [-0.2, 0) is 22.6 Å². The first-order valence-electron chi connectivity index (χ1n) is 11.0. The van der Waals surface area contributed by atoms with Crippen molar-refractivity contribution >= 4 is 11.8 Å². The third-order valence-corrected chi connectivity index (χ3v) is 5.88. The minimum absolute atomic E-state index is 0.0230. The molecule has 2 aromatic rings. The molecule has 0 spiro atoms. The maximum atomic E-state index is 12.5. The lowest BCUT2D eigenvalue weighted by molar-refractivity contribution is -0.122. The summed E-state index contributed by atoms with van der Waals surface area (Å²) in [5, 5.41) is 10.9. The normalized spacial score (nSPS) is 19.9. The molecule has 0 saturated carbocycles. The second-order valence-electron chi connectivity index (χ2n) is 8.25. The summed E-state index contributed by atoms with van der Waals surface area (Å²) in [4.78, 5) is 29.0. The number of hydrogen-bond donors (Lipinski definition) is 1. The number of amides is 2. The number of piperidine rings is 1. The van der Waals surface area contributed by atoms with Crippen molar-refractivity contribution in [3.8, 4) is 0 Å². The summed E-state index contributed by atoms with van der Waals surface area (Å²) in [6.45, 7) is 5.99. The molecule has 1 atom stereocenters. The summed E-state index contributed by atoms with van der Waals surface area (Å²) in [5.41, 5.74) is 1.65. The van der Waals surface area contributed by atoms with Crippen LogP contribution in [0.15, 0.2) is 36.7 Å². The van der Waals surface area contributed by atoms with Crippen LogP contribution in [0.25, 0.3) is 0 Å². The number of likely N-dealkylation sites (tertiary alicyclic amines) is 1. The van der Waals surface area contributed by atoms with Crippen LogP contribution in [0.2, 0.25) is 0 Å². The zero-order valence-corrected chi connectivity index (χ0v) is 17.8. The van der Waals surface area contributed by atoms with Crippen molar-refractivity contribution in [1.82, 2.24) is 30.1 Å². The molecule has 0 radical (unpaired) electrons. The van der Waals surface area contributed by atoms with E-state index in [1.54, 1.807) is 6.20 Å². The van der Waals surface area contributed by atoms with Crippen LogP contribution in [0.3, 0.4) is 0 Å². The third kappa shape index (κ3) is 6.11. The van der Waals surface area contributed by atoms with Gasteiger partial charge in [0, 0.05) is 44.5 Å². The smallest absolute Gasteiger partial charge is 0.254 e. The van der Waals surface area contributed by atoms with Crippen molar-refractivity contribution in [2.24, 2.45) is 5.92 Å². The van der Waals surface area contributed by atoms with E-state index in [-0.39, 0.29) is 11.8 Å². The Morgan fingerprint density at radius 3 is 2.68 bits per heavy atom. The van der Waals surface area contributed by atoms with E-state index in [4.69, 9.17) is 4.74 Å². The van der Waals surface area contributed by atoms with E-state index in [1.807, 2.05) is 40.0 Å². The first kappa shape index (κ1) is 21.5. The molecule has 0 aliphatic carbocycles. The fraction of sp³-hybridized carbons (Fsp3) is 0.545. The lowest BCUT2D eigenvalue weighted by atomic mass is 9.98. The minimum Gasteiger partial charge on any atom is -0.378 e. The fourth-order valence-corrected chi connectivity index (χ4v) is 4.21. The Kier molecular flexibility index (Phi) is 7.26. The molecule has 2 amide bonds. The van der Waals surface area contributed by atoms with E-state index >= 15 is 0 Å². The maximum absolute atomic E-state index is 12.5. The Morgan fingerprint density at radius 1 is 1.13 bits per heavy atom. The van der Waals surface area contributed by atoms with Gasteiger partial charge in [0.25, 0.3) is 5.91 Å². The number of carbonyl (C=O) groups excluding carboxylic acids is 2. The van der Waals surface area contributed by atoms with Gasteiger partial charge in [0.2, 0.25) is 5.91 Å². The molecule has 4 rings (SSSR count). The lowest BCUT2D eigenvalue weighted by Crippen LogP contribution is -2.43. The quantitative estimate of drug-likeness (QED) is 0.703. The largest absolute Gasteiger partial charge is 0.378 e. The highest BCUT2D eigenvalue weighted by Gasteiger charge is 2.22. The zero-order valence-electron chi connectivity index (χ0n) is 17.8. The summed E-state index contributed by atoms with van der Waals surface area (Å²) >= 11 is 0. The van der Waals surface area contributed by atoms with E-state index < -0.39 is 0 Å². The predicted molar refractivity (Wildman–Crippen MR) is 114 cm³/mol. The number of nitrogens with zero attached hydrogens (tertiary/aromatic N) is 5. The Hall–Kier alpha value is -2.78. The summed E-state index contributed by atoms with van der Waals surface area (Å²) in [7, 11) is 0. The molecule has 9 nitrogen and oxygen atoms in total. The van der Waals surface area contributed by atoms with E-state index in [9.17, 15) is 9.59 Å². The topological polar surface area (TPSA) is 92.6 Å². The van der Waals surface area contributed by atoms with Crippen LogP contribution in [0, 0.1) is 5.92 Å². The number of carbonyl (C=O) groups is 2. The first-order chi connectivity index (χ1) is 15.2. The Morgan fingerprint density at radius 2 is 1.94 bits per heavy atom. The molecule has 3 heterocycles. The Bertz CT molecular complexity index is 849. The molecule has 166 valence electrons. The van der Waals surface area contributed by atoms with Gasteiger partial charge in [-0.25, -0.2) is 0 Å². The average molecular weight is 427 g/mol. The van der Waals surface area contributed by atoms with Gasteiger partial charge < -0.3 is 15.0 Å². The van der Waals surface area contributed by atoms with E-state index in [0.29, 0.717) is 50.9 Å². The van der Waals surface area contributed by atoms with Crippen LogP contribution >= 0.6 is 0 Å². The highest BCUT2D eigenvalue weighted by Crippen LogP contribution is 2.17. The van der Waals surface area contributed by atoms with Crippen molar-refractivity contribution in [3.05, 3.63) is 47.8 Å². The predicted octanol–water partition coefficient (Wildman–Crippen LogP) is 0.779. The van der Waals surface area contributed by atoms with Gasteiger partial charge in [-0.15, -0.1) is 5.10 Å². The molecular formula is C22H30N6O3. The van der Waals surface area contributed by atoms with E-state index in [1.165, 1.54) is 0 Å². The highest BCUT2D eigenvalue weighted by molar-refractivity contribution is 5.94. The Balaban J connectivity index is 1.21. The number of hydrogen-bond acceptors (Lipinski definition) is 6. The summed E-state index contributed by atoms with van der Waals surface area (Å²) in [6.07, 6.45) is 5.81. The number of nitrogens with one attached hydrogen (secondary N) is 1. The van der Waals surface area contributed by atoms with Crippen molar-refractivity contribution in [2.45, 2.75) is 25.9 Å². The van der Waals surface area contributed by atoms with Crippen LogP contribution in [0.4, 0.5) is 0 Å². The minimum atomic E-state index is 0.0230. The van der Waals surface area contributed by atoms with Crippen LogP contribution in [0.5, 0.6) is 0 Å². The molecule has 31 heavy (non-hydrogen) atoms. The van der Waals surface area contributed by atoms with Gasteiger partial charge in [-0.1, -0.05) is 17.3 Å². The SMILES string of the molecule is O=C(CN1CCCC(Cn2ccnn2)C1)NCc1ccc(C(=O)N2CCOCC2)cc1. The number of aromatic nitrogens is 3. The molecule has 2 saturated heterocycles. The second-order valence-corrected chi connectivity index (χ2v) is 8.25. The number of morpholine rings is 1. The zero-order chi connectivity index (χ0) is 21.5. The Labute approximate surface area is 182 Å². The van der Waals surface area contributed by atoms with Gasteiger partial charge >= 0.3 is 0 Å². The number of benzene rings is 1.